The number of amides is 2. The van der Waals surface area contributed by atoms with Crippen molar-refractivity contribution in [1.82, 2.24) is 9.97 Å². The molecule has 3 aromatic rings. The van der Waals surface area contributed by atoms with E-state index in [9.17, 15) is 44.7 Å². The van der Waals surface area contributed by atoms with Crippen LogP contribution in [0.4, 0.5) is 40.8 Å². The van der Waals surface area contributed by atoms with Gasteiger partial charge < -0.3 is 10.5 Å². The van der Waals surface area contributed by atoms with Gasteiger partial charge in [0.1, 0.15) is 23.7 Å². The van der Waals surface area contributed by atoms with E-state index in [0.717, 1.165) is 19.5 Å². The molecule has 3 rings (SSSR count). The lowest BCUT2D eigenvalue weighted by molar-refractivity contribution is -0.150. The first kappa shape index (κ1) is 27.3. The van der Waals surface area contributed by atoms with Crippen LogP contribution in [0.25, 0.3) is 11.1 Å². The molecule has 0 radical (unpaired) electrons. The fourth-order valence-electron chi connectivity index (χ4n) is 3.26. The first-order valence-corrected chi connectivity index (χ1v) is 9.87. The minimum atomic E-state index is -5.36. The zero-order valence-electron chi connectivity index (χ0n) is 18.4. The van der Waals surface area contributed by atoms with Crippen LogP contribution in [-0.2, 0) is 17.1 Å². The SMILES string of the molecule is COc1cc(F)c(F)cc1-c1ccncc1N(CC(N)=O)C(=O)c1cc(C(F)(F)F)nc(C(F)(F)F)c1. The second-order valence-electron chi connectivity index (χ2n) is 7.34. The summed E-state index contributed by atoms with van der Waals surface area (Å²) in [6.45, 7) is -1.03. The van der Waals surface area contributed by atoms with Crippen LogP contribution in [0, 0.1) is 11.6 Å². The Bertz CT molecular complexity index is 1330. The van der Waals surface area contributed by atoms with Gasteiger partial charge in [-0.2, -0.15) is 26.3 Å². The largest absolute Gasteiger partial charge is 0.496 e. The maximum atomic E-state index is 14.0. The van der Waals surface area contributed by atoms with E-state index in [2.05, 4.69) is 9.97 Å². The molecule has 0 atom stereocenters. The number of primary amides is 1. The Balaban J connectivity index is 2.26. The molecule has 1 aromatic carbocycles. The average molecular weight is 534 g/mol. The van der Waals surface area contributed by atoms with Gasteiger partial charge in [0.25, 0.3) is 5.91 Å². The van der Waals surface area contributed by atoms with Crippen molar-refractivity contribution in [1.29, 1.82) is 0 Å². The molecule has 0 bridgehead atoms. The van der Waals surface area contributed by atoms with Crippen LogP contribution in [-0.4, -0.2) is 35.4 Å². The Labute approximate surface area is 202 Å². The predicted octanol–water partition coefficient (Wildman–Crippen LogP) is 4.60. The number of alkyl halides is 6. The molecule has 7 nitrogen and oxygen atoms in total. The molecule has 0 aliphatic carbocycles. The standard InChI is InChI=1S/C22H14F8N4O3/c1-37-16-7-14(24)13(23)6-12(16)11-2-3-32-8-15(11)34(9-19(31)35)20(36)10-4-17(21(25,26)27)33-18(5-10)22(28,29)30/h2-8H,9H2,1H3,(H2,31,35). The van der Waals surface area contributed by atoms with E-state index < -0.39 is 59.3 Å². The third kappa shape index (κ3) is 5.92. The minimum Gasteiger partial charge on any atom is -0.496 e. The lowest BCUT2D eigenvalue weighted by Crippen LogP contribution is -2.39. The van der Waals surface area contributed by atoms with Crippen LogP contribution in [0.2, 0.25) is 0 Å². The van der Waals surface area contributed by atoms with E-state index in [1.54, 1.807) is 0 Å². The van der Waals surface area contributed by atoms with Crippen molar-refractivity contribution in [3.05, 3.63) is 71.3 Å². The maximum Gasteiger partial charge on any atom is 0.433 e. The summed E-state index contributed by atoms with van der Waals surface area (Å²) in [6, 6.07) is 2.65. The highest BCUT2D eigenvalue weighted by atomic mass is 19.4. The Morgan fingerprint density at radius 2 is 1.51 bits per heavy atom. The minimum absolute atomic E-state index is 0.0692. The molecule has 0 unspecified atom stereocenters. The summed E-state index contributed by atoms with van der Waals surface area (Å²) < 4.78 is 112. The molecule has 37 heavy (non-hydrogen) atoms. The summed E-state index contributed by atoms with van der Waals surface area (Å²) in [5, 5.41) is 0. The smallest absolute Gasteiger partial charge is 0.433 e. The lowest BCUT2D eigenvalue weighted by Gasteiger charge is -2.25. The molecule has 0 fully saturated rings. The van der Waals surface area contributed by atoms with Gasteiger partial charge in [0.2, 0.25) is 5.91 Å². The van der Waals surface area contributed by atoms with Crippen molar-refractivity contribution >= 4 is 17.5 Å². The maximum absolute atomic E-state index is 14.0. The number of aromatic nitrogens is 2. The van der Waals surface area contributed by atoms with Gasteiger partial charge in [0, 0.05) is 29.0 Å². The molecule has 0 spiro atoms. The summed E-state index contributed by atoms with van der Waals surface area (Å²) in [5.74, 6) is -5.61. The summed E-state index contributed by atoms with van der Waals surface area (Å²) in [6.07, 6.45) is -8.65. The molecular formula is C22H14F8N4O3. The van der Waals surface area contributed by atoms with Gasteiger partial charge in [-0.15, -0.1) is 0 Å². The normalized spacial score (nSPS) is 11.8. The monoisotopic (exact) mass is 534 g/mol. The number of carbonyl (C=O) groups excluding carboxylic acids is 2. The number of hydrogen-bond donors (Lipinski definition) is 1. The Hall–Kier alpha value is -4.30. The third-order valence-corrected chi connectivity index (χ3v) is 4.84. The van der Waals surface area contributed by atoms with Gasteiger partial charge in [0.15, 0.2) is 11.6 Å². The predicted molar refractivity (Wildman–Crippen MR) is 111 cm³/mol. The molecule has 0 aliphatic rings. The van der Waals surface area contributed by atoms with Gasteiger partial charge in [0.05, 0.1) is 19.0 Å². The number of nitrogens with zero attached hydrogens (tertiary/aromatic N) is 3. The molecule has 0 saturated carbocycles. The van der Waals surface area contributed by atoms with Crippen molar-refractivity contribution in [2.45, 2.75) is 12.4 Å². The number of hydrogen-bond acceptors (Lipinski definition) is 5. The van der Waals surface area contributed by atoms with E-state index in [-0.39, 0.29) is 34.7 Å². The number of methoxy groups -OCH3 is 1. The summed E-state index contributed by atoms with van der Waals surface area (Å²) in [4.78, 5) is 31.7. The first-order valence-electron chi connectivity index (χ1n) is 9.87. The van der Waals surface area contributed by atoms with Crippen LogP contribution < -0.4 is 15.4 Å². The molecule has 196 valence electrons. The second-order valence-corrected chi connectivity index (χ2v) is 7.34. The highest BCUT2D eigenvalue weighted by molar-refractivity contribution is 6.10. The van der Waals surface area contributed by atoms with Gasteiger partial charge in [-0.05, 0) is 24.3 Å². The zero-order valence-corrected chi connectivity index (χ0v) is 18.4. The number of ether oxygens (including phenoxy) is 1. The number of carbonyl (C=O) groups is 2. The molecule has 0 saturated heterocycles. The second kappa shape index (κ2) is 9.99. The summed E-state index contributed by atoms with van der Waals surface area (Å²) >= 11 is 0. The van der Waals surface area contributed by atoms with Crippen LogP contribution >= 0.6 is 0 Å². The van der Waals surface area contributed by atoms with Crippen LogP contribution in [0.3, 0.4) is 0 Å². The molecule has 2 heterocycles. The van der Waals surface area contributed by atoms with Crippen LogP contribution in [0.5, 0.6) is 5.75 Å². The molecule has 0 aliphatic heterocycles. The Kier molecular flexibility index (Phi) is 7.36. The highest BCUT2D eigenvalue weighted by Gasteiger charge is 2.40. The van der Waals surface area contributed by atoms with E-state index in [1.807, 2.05) is 0 Å². The molecule has 15 heteroatoms. The molecule has 2 N–H and O–H groups in total. The van der Waals surface area contributed by atoms with Crippen molar-refractivity contribution in [3.63, 3.8) is 0 Å². The van der Waals surface area contributed by atoms with Crippen molar-refractivity contribution in [3.8, 4) is 16.9 Å². The summed E-state index contributed by atoms with van der Waals surface area (Å²) in [7, 11) is 1.11. The average Bonchev–Trinajstić information content (AvgIpc) is 2.82. The van der Waals surface area contributed by atoms with Crippen LogP contribution in [0.15, 0.2) is 42.7 Å². The topological polar surface area (TPSA) is 98.4 Å². The first-order chi connectivity index (χ1) is 17.1. The van der Waals surface area contributed by atoms with Gasteiger partial charge >= 0.3 is 12.4 Å². The van der Waals surface area contributed by atoms with E-state index in [4.69, 9.17) is 10.5 Å². The highest BCUT2D eigenvalue weighted by Crippen LogP contribution is 2.39. The van der Waals surface area contributed by atoms with Crippen molar-refractivity contribution in [2.75, 3.05) is 18.6 Å². The van der Waals surface area contributed by atoms with Crippen LogP contribution in [0.1, 0.15) is 21.7 Å². The Morgan fingerprint density at radius 3 is 2.03 bits per heavy atom. The van der Waals surface area contributed by atoms with E-state index >= 15 is 0 Å². The number of halogens is 8. The number of anilines is 1. The van der Waals surface area contributed by atoms with Crippen molar-refractivity contribution < 1.29 is 49.4 Å². The summed E-state index contributed by atoms with van der Waals surface area (Å²) in [5.41, 5.74) is -0.689. The number of pyridine rings is 2. The van der Waals surface area contributed by atoms with Gasteiger partial charge in [-0.1, -0.05) is 0 Å². The van der Waals surface area contributed by atoms with Gasteiger partial charge in [-0.3, -0.25) is 19.5 Å². The Morgan fingerprint density at radius 1 is 0.946 bits per heavy atom. The molecular weight excluding hydrogens is 520 g/mol. The lowest BCUT2D eigenvalue weighted by atomic mass is 10.0. The van der Waals surface area contributed by atoms with Crippen molar-refractivity contribution in [2.24, 2.45) is 5.73 Å². The fraction of sp³-hybridized carbons (Fsp3) is 0.182. The third-order valence-electron chi connectivity index (χ3n) is 4.84. The molecule has 2 aromatic heterocycles. The number of benzene rings is 1. The van der Waals surface area contributed by atoms with Gasteiger partial charge in [-0.25, -0.2) is 13.8 Å². The quantitative estimate of drug-likeness (QED) is 0.467. The van der Waals surface area contributed by atoms with E-state index in [0.29, 0.717) is 17.0 Å². The van der Waals surface area contributed by atoms with E-state index in [1.165, 1.54) is 6.07 Å². The zero-order chi connectivity index (χ0) is 27.7. The number of nitrogens with two attached hydrogens (primary N) is 1. The fourth-order valence-corrected chi connectivity index (χ4v) is 3.26. The molecule has 2 amide bonds. The number of rotatable bonds is 6.